The molecule has 0 saturated carbocycles. The summed E-state index contributed by atoms with van der Waals surface area (Å²) in [6, 6.07) is 10.8. The minimum Gasteiger partial charge on any atom is -0.305 e. The number of nitrogens with one attached hydrogen (secondary N) is 1. The predicted octanol–water partition coefficient (Wildman–Crippen LogP) is 3.52. The molecule has 1 unspecified atom stereocenters. The Kier molecular flexibility index (Phi) is 4.55. The third-order valence-electron chi connectivity index (χ3n) is 3.04. The van der Waals surface area contributed by atoms with Crippen LogP contribution in [-0.4, -0.2) is 9.78 Å². The van der Waals surface area contributed by atoms with Gasteiger partial charge in [-0.25, -0.2) is 0 Å². The van der Waals surface area contributed by atoms with Gasteiger partial charge in [0.2, 0.25) is 0 Å². The van der Waals surface area contributed by atoms with Crippen molar-refractivity contribution < 1.29 is 0 Å². The summed E-state index contributed by atoms with van der Waals surface area (Å²) in [7, 11) is 0. The molecule has 0 aliphatic carbocycles. The van der Waals surface area contributed by atoms with Crippen molar-refractivity contribution in [3.63, 3.8) is 0 Å². The van der Waals surface area contributed by atoms with Gasteiger partial charge in [-0.2, -0.15) is 5.10 Å². The fraction of sp³-hybridized carbons (Fsp3) is 0.357. The Bertz CT molecular complexity index is 507. The lowest BCUT2D eigenvalue weighted by molar-refractivity contribution is 0.531. The maximum absolute atomic E-state index is 4.27. The number of benzene rings is 1. The molecule has 0 fully saturated rings. The van der Waals surface area contributed by atoms with Crippen LogP contribution in [0.25, 0.3) is 0 Å². The molecule has 1 aromatic carbocycles. The average molecular weight is 308 g/mol. The maximum atomic E-state index is 4.27. The second-order valence-electron chi connectivity index (χ2n) is 4.30. The molecule has 1 aromatic heterocycles. The molecule has 4 heteroatoms. The number of aryl methyl sites for hydroxylation is 1. The van der Waals surface area contributed by atoms with Crippen LogP contribution in [0.1, 0.15) is 31.1 Å². The van der Waals surface area contributed by atoms with Gasteiger partial charge in [-0.05, 0) is 37.6 Å². The number of rotatable bonds is 5. The summed E-state index contributed by atoms with van der Waals surface area (Å²) in [5.74, 6) is 0. The summed E-state index contributed by atoms with van der Waals surface area (Å²) in [4.78, 5) is 0. The predicted molar refractivity (Wildman–Crippen MR) is 77.3 cm³/mol. The zero-order valence-corrected chi connectivity index (χ0v) is 12.3. The Hall–Kier alpha value is -1.13. The average Bonchev–Trinajstić information content (AvgIpc) is 2.83. The molecule has 0 aliphatic heterocycles. The van der Waals surface area contributed by atoms with Gasteiger partial charge < -0.3 is 5.32 Å². The number of halogens is 1. The van der Waals surface area contributed by atoms with Crippen LogP contribution in [0.5, 0.6) is 0 Å². The van der Waals surface area contributed by atoms with Crippen LogP contribution >= 0.6 is 15.9 Å². The first-order valence-electron chi connectivity index (χ1n) is 6.20. The van der Waals surface area contributed by atoms with Crippen LogP contribution in [0.2, 0.25) is 0 Å². The number of hydrogen-bond donors (Lipinski definition) is 1. The van der Waals surface area contributed by atoms with E-state index in [0.717, 1.165) is 17.6 Å². The first kappa shape index (κ1) is 13.3. The normalized spacial score (nSPS) is 12.6. The molecule has 2 rings (SSSR count). The van der Waals surface area contributed by atoms with Gasteiger partial charge in [0.1, 0.15) is 0 Å². The minimum absolute atomic E-state index is 0.322. The van der Waals surface area contributed by atoms with Crippen molar-refractivity contribution in [3.05, 3.63) is 52.3 Å². The highest BCUT2D eigenvalue weighted by Crippen LogP contribution is 2.18. The SMILES string of the molecule is CCn1nccc1CNC(C)c1cccc(Br)c1. The zero-order chi connectivity index (χ0) is 13.0. The molecule has 0 spiro atoms. The highest BCUT2D eigenvalue weighted by Gasteiger charge is 2.07. The van der Waals surface area contributed by atoms with Crippen LogP contribution in [0.15, 0.2) is 41.0 Å². The standard InChI is InChI=1S/C14H18BrN3/c1-3-18-14(7-8-17-18)10-16-11(2)12-5-4-6-13(15)9-12/h4-9,11,16H,3,10H2,1-2H3. The molecule has 96 valence electrons. The monoisotopic (exact) mass is 307 g/mol. The van der Waals surface area contributed by atoms with E-state index >= 15 is 0 Å². The van der Waals surface area contributed by atoms with E-state index in [1.54, 1.807) is 0 Å². The van der Waals surface area contributed by atoms with E-state index in [1.807, 2.05) is 16.9 Å². The summed E-state index contributed by atoms with van der Waals surface area (Å²) >= 11 is 3.50. The van der Waals surface area contributed by atoms with Gasteiger partial charge in [0, 0.05) is 29.8 Å². The molecule has 1 atom stereocenters. The van der Waals surface area contributed by atoms with Crippen LogP contribution in [0, 0.1) is 0 Å². The Morgan fingerprint density at radius 3 is 2.94 bits per heavy atom. The Morgan fingerprint density at radius 1 is 1.39 bits per heavy atom. The smallest absolute Gasteiger partial charge is 0.0522 e. The fourth-order valence-corrected chi connectivity index (χ4v) is 2.36. The molecule has 18 heavy (non-hydrogen) atoms. The largest absolute Gasteiger partial charge is 0.305 e. The molecule has 0 amide bonds. The number of hydrogen-bond acceptors (Lipinski definition) is 2. The van der Waals surface area contributed by atoms with Gasteiger partial charge in [0.25, 0.3) is 0 Å². The fourth-order valence-electron chi connectivity index (χ4n) is 1.95. The molecule has 2 aromatic rings. The molecule has 0 bridgehead atoms. The molecule has 0 aliphatic rings. The molecule has 1 N–H and O–H groups in total. The van der Waals surface area contributed by atoms with E-state index in [0.29, 0.717) is 6.04 Å². The third-order valence-corrected chi connectivity index (χ3v) is 3.54. The van der Waals surface area contributed by atoms with Crippen LogP contribution in [0.4, 0.5) is 0 Å². The molecule has 0 radical (unpaired) electrons. The Morgan fingerprint density at radius 2 is 2.22 bits per heavy atom. The van der Waals surface area contributed by atoms with Crippen molar-refractivity contribution in [2.45, 2.75) is 33.0 Å². The van der Waals surface area contributed by atoms with Crippen molar-refractivity contribution in [1.29, 1.82) is 0 Å². The van der Waals surface area contributed by atoms with Gasteiger partial charge in [0.15, 0.2) is 0 Å². The number of nitrogens with zero attached hydrogens (tertiary/aromatic N) is 2. The quantitative estimate of drug-likeness (QED) is 0.916. The highest BCUT2D eigenvalue weighted by molar-refractivity contribution is 9.10. The lowest BCUT2D eigenvalue weighted by Gasteiger charge is -2.15. The minimum atomic E-state index is 0.322. The summed E-state index contributed by atoms with van der Waals surface area (Å²) < 4.78 is 3.13. The summed E-state index contributed by atoms with van der Waals surface area (Å²) in [6.07, 6.45) is 1.85. The molecule has 3 nitrogen and oxygen atoms in total. The van der Waals surface area contributed by atoms with Gasteiger partial charge in [-0.3, -0.25) is 4.68 Å². The lowest BCUT2D eigenvalue weighted by Crippen LogP contribution is -2.20. The van der Waals surface area contributed by atoms with Crippen LogP contribution < -0.4 is 5.32 Å². The maximum Gasteiger partial charge on any atom is 0.0522 e. The number of aromatic nitrogens is 2. The van der Waals surface area contributed by atoms with Crippen molar-refractivity contribution in [3.8, 4) is 0 Å². The molecular formula is C14H18BrN3. The Balaban J connectivity index is 1.98. The van der Waals surface area contributed by atoms with Gasteiger partial charge in [-0.15, -0.1) is 0 Å². The first-order chi connectivity index (χ1) is 8.70. The van der Waals surface area contributed by atoms with Crippen molar-refractivity contribution in [2.24, 2.45) is 0 Å². The summed E-state index contributed by atoms with van der Waals surface area (Å²) in [5, 5.41) is 7.79. The zero-order valence-electron chi connectivity index (χ0n) is 10.7. The van der Waals surface area contributed by atoms with Crippen molar-refractivity contribution in [2.75, 3.05) is 0 Å². The third kappa shape index (κ3) is 3.21. The first-order valence-corrected chi connectivity index (χ1v) is 6.99. The second-order valence-corrected chi connectivity index (χ2v) is 5.21. The Labute approximate surface area is 116 Å². The summed E-state index contributed by atoms with van der Waals surface area (Å²) in [6.45, 7) is 6.03. The van der Waals surface area contributed by atoms with Crippen LogP contribution in [-0.2, 0) is 13.1 Å². The van der Waals surface area contributed by atoms with Gasteiger partial charge in [-0.1, -0.05) is 28.1 Å². The molecule has 1 heterocycles. The van der Waals surface area contributed by atoms with E-state index in [9.17, 15) is 0 Å². The van der Waals surface area contributed by atoms with E-state index in [-0.39, 0.29) is 0 Å². The molecule has 0 saturated heterocycles. The molecular weight excluding hydrogens is 290 g/mol. The summed E-state index contributed by atoms with van der Waals surface area (Å²) in [5.41, 5.74) is 2.51. The van der Waals surface area contributed by atoms with E-state index in [4.69, 9.17) is 0 Å². The highest BCUT2D eigenvalue weighted by atomic mass is 79.9. The second kappa shape index (κ2) is 6.16. The lowest BCUT2D eigenvalue weighted by atomic mass is 10.1. The topological polar surface area (TPSA) is 29.9 Å². The van der Waals surface area contributed by atoms with Gasteiger partial charge >= 0.3 is 0 Å². The van der Waals surface area contributed by atoms with Gasteiger partial charge in [0.05, 0.1) is 5.69 Å². The van der Waals surface area contributed by atoms with Crippen molar-refractivity contribution in [1.82, 2.24) is 15.1 Å². The van der Waals surface area contributed by atoms with Crippen molar-refractivity contribution >= 4 is 15.9 Å². The van der Waals surface area contributed by atoms with Crippen LogP contribution in [0.3, 0.4) is 0 Å². The van der Waals surface area contributed by atoms with E-state index in [1.165, 1.54) is 11.3 Å². The van der Waals surface area contributed by atoms with E-state index < -0.39 is 0 Å². The van der Waals surface area contributed by atoms with E-state index in [2.05, 4.69) is 64.5 Å².